The summed E-state index contributed by atoms with van der Waals surface area (Å²) in [4.78, 5) is 3.82. The van der Waals surface area contributed by atoms with Crippen LogP contribution in [0.25, 0.3) is 0 Å². The molecule has 8 heavy (non-hydrogen) atoms. The van der Waals surface area contributed by atoms with Crippen LogP contribution in [0.5, 0.6) is 0 Å². The lowest BCUT2D eigenvalue weighted by Gasteiger charge is -1.89. The lowest BCUT2D eigenvalue weighted by molar-refractivity contribution is 1.19. The van der Waals surface area contributed by atoms with Crippen molar-refractivity contribution in [2.24, 2.45) is 0 Å². The Morgan fingerprint density at radius 2 is 2.50 bits per heavy atom. The highest BCUT2D eigenvalue weighted by Gasteiger charge is 1.88. The zero-order valence-corrected chi connectivity index (χ0v) is 5.24. The number of halogens is 1. The first-order valence-electron chi connectivity index (χ1n) is 2.30. The van der Waals surface area contributed by atoms with Crippen LogP contribution in [0.1, 0.15) is 5.69 Å². The highest BCUT2D eigenvalue weighted by atomic mass is 35.5. The van der Waals surface area contributed by atoms with E-state index in [4.69, 9.17) is 11.6 Å². The molecule has 0 spiro atoms. The van der Waals surface area contributed by atoms with E-state index >= 15 is 0 Å². The Labute approximate surface area is 53.3 Å². The molecule has 1 rings (SSSR count). The lowest BCUT2D eigenvalue weighted by Crippen LogP contribution is -1.77. The first kappa shape index (κ1) is 5.57. The molecule has 0 N–H and O–H groups in total. The third-order valence-corrected chi connectivity index (χ3v) is 1.28. The van der Waals surface area contributed by atoms with Crippen molar-refractivity contribution >= 4 is 11.6 Å². The Kier molecular flexibility index (Phi) is 1.49. The summed E-state index contributed by atoms with van der Waals surface area (Å²) in [6.45, 7) is 1.85. The lowest BCUT2D eigenvalue weighted by atomic mass is 10.4. The van der Waals surface area contributed by atoms with Crippen molar-refractivity contribution in [2.45, 2.75) is 6.92 Å². The molecule has 0 aliphatic carbocycles. The molecule has 2 heteroatoms. The molecule has 0 unspecified atom stereocenters. The molecule has 1 radical (unpaired) electrons. The number of aromatic nitrogens is 1. The Morgan fingerprint density at radius 3 is 2.88 bits per heavy atom. The Hall–Kier alpha value is -0.560. The van der Waals surface area contributed by atoms with Gasteiger partial charge in [0.1, 0.15) is 0 Å². The van der Waals surface area contributed by atoms with E-state index in [1.54, 1.807) is 12.1 Å². The van der Waals surface area contributed by atoms with E-state index in [1.807, 2.05) is 6.92 Å². The molecule has 0 saturated heterocycles. The monoisotopic (exact) mass is 126 g/mol. The second kappa shape index (κ2) is 2.14. The van der Waals surface area contributed by atoms with Gasteiger partial charge in [0.2, 0.25) is 0 Å². The number of hydrogen-bond acceptors (Lipinski definition) is 1. The van der Waals surface area contributed by atoms with Crippen LogP contribution in [-0.4, -0.2) is 4.98 Å². The zero-order chi connectivity index (χ0) is 5.98. The van der Waals surface area contributed by atoms with E-state index in [0.29, 0.717) is 5.02 Å². The summed E-state index contributed by atoms with van der Waals surface area (Å²) in [6.07, 6.45) is 2.67. The average molecular weight is 127 g/mol. The molecule has 1 nitrogen and oxygen atoms in total. The highest BCUT2D eigenvalue weighted by Crippen LogP contribution is 2.08. The van der Waals surface area contributed by atoms with E-state index < -0.39 is 0 Å². The van der Waals surface area contributed by atoms with Gasteiger partial charge in [-0.15, -0.1) is 0 Å². The molecular formula is C6H5ClN. The number of nitrogens with zero attached hydrogens (tertiary/aromatic N) is 1. The third-order valence-electron chi connectivity index (χ3n) is 0.882. The van der Waals surface area contributed by atoms with Crippen molar-refractivity contribution in [2.75, 3.05) is 0 Å². The molecule has 1 aromatic rings. The molecule has 0 saturated carbocycles. The quantitative estimate of drug-likeness (QED) is 0.517. The van der Waals surface area contributed by atoms with Crippen LogP contribution in [0.4, 0.5) is 0 Å². The van der Waals surface area contributed by atoms with Gasteiger partial charge < -0.3 is 0 Å². The van der Waals surface area contributed by atoms with Crippen molar-refractivity contribution in [1.82, 2.24) is 4.98 Å². The molecule has 0 aliphatic rings. The van der Waals surface area contributed by atoms with Gasteiger partial charge in [0, 0.05) is 0 Å². The molecular weight excluding hydrogens is 122 g/mol. The van der Waals surface area contributed by atoms with Gasteiger partial charge in [-0.1, -0.05) is 11.6 Å². The molecule has 0 aromatic carbocycles. The molecule has 1 heterocycles. The van der Waals surface area contributed by atoms with Crippen LogP contribution in [0.2, 0.25) is 5.02 Å². The van der Waals surface area contributed by atoms with Crippen molar-refractivity contribution in [3.63, 3.8) is 0 Å². The van der Waals surface area contributed by atoms with E-state index in [2.05, 4.69) is 11.2 Å². The minimum atomic E-state index is 0.698. The smallest absolute Gasteiger partial charge is 0.0890 e. The van der Waals surface area contributed by atoms with Gasteiger partial charge in [0.05, 0.1) is 16.9 Å². The van der Waals surface area contributed by atoms with E-state index in [1.165, 1.54) is 0 Å². The molecule has 0 atom stereocenters. The van der Waals surface area contributed by atoms with Gasteiger partial charge in [-0.25, -0.2) is 4.98 Å². The summed E-state index contributed by atoms with van der Waals surface area (Å²) in [5.74, 6) is 0. The van der Waals surface area contributed by atoms with Crippen molar-refractivity contribution in [3.05, 3.63) is 29.0 Å². The molecule has 0 fully saturated rings. The maximum atomic E-state index is 5.63. The van der Waals surface area contributed by atoms with Crippen LogP contribution in [0.15, 0.2) is 12.1 Å². The first-order valence-corrected chi connectivity index (χ1v) is 2.67. The number of hydrogen-bond donors (Lipinski definition) is 0. The summed E-state index contributed by atoms with van der Waals surface area (Å²) in [5, 5.41) is 0.698. The summed E-state index contributed by atoms with van der Waals surface area (Å²) < 4.78 is 0. The molecule has 0 aliphatic heterocycles. The topological polar surface area (TPSA) is 12.9 Å². The van der Waals surface area contributed by atoms with Crippen molar-refractivity contribution in [1.29, 1.82) is 0 Å². The zero-order valence-electron chi connectivity index (χ0n) is 4.48. The van der Waals surface area contributed by atoms with Gasteiger partial charge in [0.15, 0.2) is 0 Å². The minimum Gasteiger partial charge on any atom is -0.250 e. The van der Waals surface area contributed by atoms with Crippen LogP contribution in [0, 0.1) is 13.1 Å². The maximum Gasteiger partial charge on any atom is 0.0890 e. The molecule has 1 aromatic heterocycles. The Morgan fingerprint density at radius 1 is 1.75 bits per heavy atom. The molecule has 41 valence electrons. The summed E-state index contributed by atoms with van der Waals surface area (Å²) in [6, 6.07) is 3.46. The largest absolute Gasteiger partial charge is 0.250 e. The van der Waals surface area contributed by atoms with Crippen LogP contribution in [-0.2, 0) is 0 Å². The Bertz CT molecular complexity index is 165. The molecule has 0 bridgehead atoms. The SMILES string of the molecule is Cc1n[c]ccc1Cl. The second-order valence-electron chi connectivity index (χ2n) is 1.51. The van der Waals surface area contributed by atoms with Crippen LogP contribution >= 0.6 is 11.6 Å². The summed E-state index contributed by atoms with van der Waals surface area (Å²) in [5.41, 5.74) is 0.828. The van der Waals surface area contributed by atoms with Gasteiger partial charge in [-0.05, 0) is 19.1 Å². The standard InChI is InChI=1S/C6H5ClN/c1-5-6(7)3-2-4-8-5/h2-3H,1H3. The summed E-state index contributed by atoms with van der Waals surface area (Å²) >= 11 is 5.63. The van der Waals surface area contributed by atoms with Crippen LogP contribution in [0.3, 0.4) is 0 Å². The van der Waals surface area contributed by atoms with Gasteiger partial charge in [-0.2, -0.15) is 0 Å². The predicted molar refractivity (Wildman–Crippen MR) is 32.8 cm³/mol. The number of rotatable bonds is 0. The molecule has 0 amide bonds. The van der Waals surface area contributed by atoms with Gasteiger partial charge >= 0.3 is 0 Å². The second-order valence-corrected chi connectivity index (χ2v) is 1.91. The average Bonchev–Trinajstić information content (AvgIpc) is 1.77. The summed E-state index contributed by atoms with van der Waals surface area (Å²) in [7, 11) is 0. The van der Waals surface area contributed by atoms with Gasteiger partial charge in [0.25, 0.3) is 0 Å². The Balaban J connectivity index is 3.13. The van der Waals surface area contributed by atoms with E-state index in [9.17, 15) is 0 Å². The number of aryl methyl sites for hydroxylation is 1. The predicted octanol–water partition coefficient (Wildman–Crippen LogP) is 1.84. The maximum absolute atomic E-state index is 5.63. The van der Waals surface area contributed by atoms with E-state index in [0.717, 1.165) is 5.69 Å². The highest BCUT2D eigenvalue weighted by molar-refractivity contribution is 6.31. The fraction of sp³-hybridized carbons (Fsp3) is 0.167. The fourth-order valence-electron chi connectivity index (χ4n) is 0.419. The van der Waals surface area contributed by atoms with E-state index in [-0.39, 0.29) is 0 Å². The minimum absolute atomic E-state index is 0.698. The fourth-order valence-corrected chi connectivity index (χ4v) is 0.524. The third kappa shape index (κ3) is 0.984. The van der Waals surface area contributed by atoms with Gasteiger partial charge in [-0.3, -0.25) is 0 Å². The van der Waals surface area contributed by atoms with Crippen molar-refractivity contribution in [3.8, 4) is 0 Å². The first-order chi connectivity index (χ1) is 3.80. The van der Waals surface area contributed by atoms with Crippen molar-refractivity contribution < 1.29 is 0 Å². The number of pyridine rings is 1. The normalized spacial score (nSPS) is 9.25. The van der Waals surface area contributed by atoms with Crippen LogP contribution < -0.4 is 0 Å².